The van der Waals surface area contributed by atoms with Crippen molar-refractivity contribution >= 4 is 0 Å². The Hall–Kier alpha value is -2.01. The Labute approximate surface area is 124 Å². The van der Waals surface area contributed by atoms with Crippen molar-refractivity contribution in [1.82, 2.24) is 15.1 Å². The molecule has 1 aromatic carbocycles. The lowest BCUT2D eigenvalue weighted by molar-refractivity contribution is 0.394. The topological polar surface area (TPSA) is 70.3 Å². The van der Waals surface area contributed by atoms with Crippen LogP contribution in [0.3, 0.4) is 0 Å². The number of benzene rings is 1. The zero-order valence-corrected chi connectivity index (χ0v) is 12.4. The molecule has 0 saturated heterocycles. The number of aryl methyl sites for hydroxylation is 1. The molecule has 1 heterocycles. The molecule has 5 heteroatoms. The number of hydrogen-bond donors (Lipinski definition) is 3. The van der Waals surface area contributed by atoms with Crippen molar-refractivity contribution in [3.63, 3.8) is 0 Å². The number of fused-ring (bicyclic) bond motifs is 1. The number of phenols is 2. The molecule has 5 nitrogen and oxygen atoms in total. The van der Waals surface area contributed by atoms with Crippen LogP contribution in [0.5, 0.6) is 11.5 Å². The second-order valence-electron chi connectivity index (χ2n) is 5.75. The van der Waals surface area contributed by atoms with Gasteiger partial charge in [-0.05, 0) is 32.3 Å². The Kier molecular flexibility index (Phi) is 3.59. The first kappa shape index (κ1) is 13.9. The summed E-state index contributed by atoms with van der Waals surface area (Å²) in [6, 6.07) is 5.00. The monoisotopic (exact) mass is 287 g/mol. The van der Waals surface area contributed by atoms with Gasteiger partial charge in [0.25, 0.3) is 0 Å². The van der Waals surface area contributed by atoms with Crippen molar-refractivity contribution in [3.05, 3.63) is 41.2 Å². The van der Waals surface area contributed by atoms with Gasteiger partial charge in [0.2, 0.25) is 0 Å². The van der Waals surface area contributed by atoms with E-state index in [9.17, 15) is 10.2 Å². The minimum absolute atomic E-state index is 0.00163. The van der Waals surface area contributed by atoms with E-state index < -0.39 is 0 Å². The van der Waals surface area contributed by atoms with Crippen LogP contribution in [0.1, 0.15) is 48.7 Å². The second-order valence-corrected chi connectivity index (χ2v) is 5.75. The summed E-state index contributed by atoms with van der Waals surface area (Å²) in [6.45, 7) is 2.02. The first-order valence-electron chi connectivity index (χ1n) is 7.35. The van der Waals surface area contributed by atoms with Crippen molar-refractivity contribution in [3.8, 4) is 11.5 Å². The Morgan fingerprint density at radius 2 is 2.19 bits per heavy atom. The number of hydrogen-bond acceptors (Lipinski definition) is 4. The Morgan fingerprint density at radius 3 is 2.95 bits per heavy atom. The molecule has 0 radical (unpaired) electrons. The predicted molar refractivity (Wildman–Crippen MR) is 80.2 cm³/mol. The predicted octanol–water partition coefficient (Wildman–Crippen LogP) is 2.56. The van der Waals surface area contributed by atoms with Crippen LogP contribution in [-0.2, 0) is 13.5 Å². The number of nitrogens with one attached hydrogen (secondary N) is 1. The summed E-state index contributed by atoms with van der Waals surface area (Å²) in [5.41, 5.74) is 3.35. The molecule has 0 bridgehead atoms. The van der Waals surface area contributed by atoms with Crippen LogP contribution in [0.25, 0.3) is 0 Å². The maximum absolute atomic E-state index is 9.97. The average Bonchev–Trinajstić information content (AvgIpc) is 2.81. The largest absolute Gasteiger partial charge is 0.508 e. The summed E-state index contributed by atoms with van der Waals surface area (Å²) in [5.74, 6) is 0.202. The molecule has 0 amide bonds. The second kappa shape index (κ2) is 5.41. The van der Waals surface area contributed by atoms with Gasteiger partial charge in [-0.2, -0.15) is 5.10 Å². The Bertz CT molecular complexity index is 651. The van der Waals surface area contributed by atoms with E-state index in [4.69, 9.17) is 0 Å². The van der Waals surface area contributed by atoms with E-state index in [0.717, 1.165) is 24.8 Å². The number of aromatic nitrogens is 2. The van der Waals surface area contributed by atoms with Gasteiger partial charge in [-0.15, -0.1) is 0 Å². The van der Waals surface area contributed by atoms with Crippen molar-refractivity contribution in [2.75, 3.05) is 0 Å². The summed E-state index contributed by atoms with van der Waals surface area (Å²) in [6.07, 6.45) is 5.22. The fourth-order valence-corrected chi connectivity index (χ4v) is 3.17. The van der Waals surface area contributed by atoms with E-state index in [-0.39, 0.29) is 23.6 Å². The van der Waals surface area contributed by atoms with E-state index in [1.54, 1.807) is 12.1 Å². The van der Waals surface area contributed by atoms with Gasteiger partial charge in [0.05, 0.1) is 6.20 Å². The summed E-state index contributed by atoms with van der Waals surface area (Å²) < 4.78 is 1.95. The maximum atomic E-state index is 9.97. The highest BCUT2D eigenvalue weighted by Gasteiger charge is 2.25. The minimum Gasteiger partial charge on any atom is -0.508 e. The van der Waals surface area contributed by atoms with Crippen LogP contribution in [0, 0.1) is 0 Å². The lowest BCUT2D eigenvalue weighted by atomic mass is 9.92. The lowest BCUT2D eigenvalue weighted by Crippen LogP contribution is -2.27. The first-order valence-corrected chi connectivity index (χ1v) is 7.35. The third-order valence-electron chi connectivity index (χ3n) is 4.31. The molecule has 1 aromatic heterocycles. The molecule has 3 rings (SSSR count). The minimum atomic E-state index is 0.00163. The normalized spacial score (nSPS) is 19.2. The molecule has 2 atom stereocenters. The van der Waals surface area contributed by atoms with Gasteiger partial charge in [0, 0.05) is 42.0 Å². The molecule has 112 valence electrons. The SMILES string of the molecule is CC(NC1CCCc2c1cnn2C)c1ccc(O)cc1O. The van der Waals surface area contributed by atoms with Crippen LogP contribution in [-0.4, -0.2) is 20.0 Å². The molecule has 2 unspecified atom stereocenters. The quantitative estimate of drug-likeness (QED) is 0.811. The highest BCUT2D eigenvalue weighted by Crippen LogP contribution is 2.33. The summed E-state index contributed by atoms with van der Waals surface area (Å²) in [4.78, 5) is 0. The van der Waals surface area contributed by atoms with Gasteiger partial charge in [-0.1, -0.05) is 6.07 Å². The van der Waals surface area contributed by atoms with E-state index in [0.29, 0.717) is 0 Å². The standard InChI is InChI=1S/C16H21N3O2/c1-10(12-7-6-11(20)8-16(12)21)18-14-4-3-5-15-13(14)9-17-19(15)2/h6-10,14,18,20-21H,3-5H2,1-2H3. The van der Waals surface area contributed by atoms with Crippen molar-refractivity contribution in [2.24, 2.45) is 7.05 Å². The van der Waals surface area contributed by atoms with Crippen LogP contribution >= 0.6 is 0 Å². The molecule has 1 aliphatic rings. The van der Waals surface area contributed by atoms with Gasteiger partial charge in [0.15, 0.2) is 0 Å². The summed E-state index contributed by atoms with van der Waals surface area (Å²) in [7, 11) is 1.98. The van der Waals surface area contributed by atoms with E-state index in [1.165, 1.54) is 17.3 Å². The molecule has 0 aliphatic heterocycles. The number of rotatable bonds is 3. The number of phenolic OH excluding ortho intramolecular Hbond substituents is 2. The molecular formula is C16H21N3O2. The van der Waals surface area contributed by atoms with Crippen molar-refractivity contribution in [2.45, 2.75) is 38.3 Å². The van der Waals surface area contributed by atoms with Crippen molar-refractivity contribution in [1.29, 1.82) is 0 Å². The zero-order valence-electron chi connectivity index (χ0n) is 12.4. The van der Waals surface area contributed by atoms with Gasteiger partial charge in [-0.3, -0.25) is 4.68 Å². The molecule has 21 heavy (non-hydrogen) atoms. The van der Waals surface area contributed by atoms with Gasteiger partial charge < -0.3 is 15.5 Å². The fraction of sp³-hybridized carbons (Fsp3) is 0.438. The molecular weight excluding hydrogens is 266 g/mol. The van der Waals surface area contributed by atoms with Gasteiger partial charge in [-0.25, -0.2) is 0 Å². The number of nitrogens with zero attached hydrogens (tertiary/aromatic N) is 2. The molecule has 0 fully saturated rings. The van der Waals surface area contributed by atoms with Crippen LogP contribution < -0.4 is 5.32 Å². The Morgan fingerprint density at radius 1 is 1.38 bits per heavy atom. The fourth-order valence-electron chi connectivity index (χ4n) is 3.17. The Balaban J connectivity index is 1.81. The van der Waals surface area contributed by atoms with E-state index >= 15 is 0 Å². The first-order chi connectivity index (χ1) is 10.1. The highest BCUT2D eigenvalue weighted by atomic mass is 16.3. The molecule has 0 saturated carbocycles. The summed E-state index contributed by atoms with van der Waals surface area (Å²) in [5, 5.41) is 27.3. The third kappa shape index (κ3) is 2.61. The average molecular weight is 287 g/mol. The van der Waals surface area contributed by atoms with Gasteiger partial charge in [0.1, 0.15) is 11.5 Å². The molecule has 0 spiro atoms. The maximum Gasteiger partial charge on any atom is 0.124 e. The highest BCUT2D eigenvalue weighted by molar-refractivity contribution is 5.40. The number of aromatic hydroxyl groups is 2. The lowest BCUT2D eigenvalue weighted by Gasteiger charge is -2.27. The van der Waals surface area contributed by atoms with Crippen LogP contribution in [0.15, 0.2) is 24.4 Å². The molecule has 2 aromatic rings. The van der Waals surface area contributed by atoms with E-state index in [2.05, 4.69) is 10.4 Å². The van der Waals surface area contributed by atoms with Crippen LogP contribution in [0.4, 0.5) is 0 Å². The summed E-state index contributed by atoms with van der Waals surface area (Å²) >= 11 is 0. The van der Waals surface area contributed by atoms with E-state index in [1.807, 2.05) is 24.9 Å². The molecule has 3 N–H and O–H groups in total. The van der Waals surface area contributed by atoms with Gasteiger partial charge >= 0.3 is 0 Å². The smallest absolute Gasteiger partial charge is 0.124 e. The zero-order chi connectivity index (χ0) is 15.0. The van der Waals surface area contributed by atoms with Crippen LogP contribution in [0.2, 0.25) is 0 Å². The van der Waals surface area contributed by atoms with Crippen molar-refractivity contribution < 1.29 is 10.2 Å². The molecule has 1 aliphatic carbocycles. The third-order valence-corrected chi connectivity index (χ3v) is 4.31.